The molecular weight excluding hydrogens is 429 g/mol. The smallest absolute Gasteiger partial charge is 0.255 e. The van der Waals surface area contributed by atoms with Crippen LogP contribution in [0.5, 0.6) is 17.2 Å². The van der Waals surface area contributed by atoms with Crippen LogP contribution in [0.1, 0.15) is 42.5 Å². The van der Waals surface area contributed by atoms with E-state index in [-0.39, 0.29) is 39.1 Å². The lowest BCUT2D eigenvalue weighted by atomic mass is 9.95. The minimum absolute atomic E-state index is 0.122. The molecule has 0 radical (unpaired) electrons. The van der Waals surface area contributed by atoms with E-state index >= 15 is 0 Å². The molecule has 1 fully saturated rings. The number of hydrogen-bond donors (Lipinski definition) is 3. The standard InChI is InChI=1S/C20H19Cl2N5O3/c21-15-8-11(19-24-26-27-25-19)9-16(22)18(15)30-13-6-7-17(28)14(10-13)20(29)23-12-4-2-1-3-5-12/h6-10,12,28H,1-5H2,(H,23,29)(H,24,25,26,27). The summed E-state index contributed by atoms with van der Waals surface area (Å²) in [5.41, 5.74) is 0.707. The Bertz CT molecular complexity index is 1030. The number of H-pyrrole nitrogens is 1. The zero-order valence-electron chi connectivity index (χ0n) is 15.9. The SMILES string of the molecule is O=C(NC1CCCCC1)c1cc(Oc2c(Cl)cc(-c3nn[nH]n3)cc2Cl)ccc1O. The highest BCUT2D eigenvalue weighted by Crippen LogP contribution is 2.40. The Balaban J connectivity index is 1.55. The third-order valence-electron chi connectivity index (χ3n) is 4.97. The second-order valence-corrected chi connectivity index (χ2v) is 7.91. The first kappa shape index (κ1) is 20.4. The summed E-state index contributed by atoms with van der Waals surface area (Å²) in [6.45, 7) is 0. The van der Waals surface area contributed by atoms with Gasteiger partial charge in [-0.2, -0.15) is 5.21 Å². The van der Waals surface area contributed by atoms with Gasteiger partial charge < -0.3 is 15.2 Å². The number of aromatic amines is 1. The Morgan fingerprint density at radius 2 is 1.87 bits per heavy atom. The fraction of sp³-hybridized carbons (Fsp3) is 0.300. The minimum Gasteiger partial charge on any atom is -0.507 e. The summed E-state index contributed by atoms with van der Waals surface area (Å²) >= 11 is 12.7. The van der Waals surface area contributed by atoms with Crippen molar-refractivity contribution in [3.05, 3.63) is 45.9 Å². The third-order valence-corrected chi connectivity index (χ3v) is 5.54. The average molecular weight is 448 g/mol. The van der Waals surface area contributed by atoms with Crippen molar-refractivity contribution in [2.75, 3.05) is 0 Å². The fourth-order valence-corrected chi connectivity index (χ4v) is 4.02. The molecule has 0 saturated heterocycles. The normalized spacial score (nSPS) is 14.5. The van der Waals surface area contributed by atoms with Gasteiger partial charge in [-0.25, -0.2) is 0 Å². The van der Waals surface area contributed by atoms with Crippen molar-refractivity contribution < 1.29 is 14.6 Å². The fourth-order valence-electron chi connectivity index (χ4n) is 3.46. The molecule has 1 aromatic heterocycles. The maximum atomic E-state index is 12.6. The molecule has 3 aromatic rings. The Morgan fingerprint density at radius 1 is 1.13 bits per heavy atom. The van der Waals surface area contributed by atoms with E-state index in [1.165, 1.54) is 24.6 Å². The van der Waals surface area contributed by atoms with E-state index < -0.39 is 0 Å². The summed E-state index contributed by atoms with van der Waals surface area (Å²) in [5.74, 6) is 0.416. The number of carbonyl (C=O) groups is 1. The first-order chi connectivity index (χ1) is 14.5. The molecule has 1 saturated carbocycles. The topological polar surface area (TPSA) is 113 Å². The van der Waals surface area contributed by atoms with Crippen molar-refractivity contribution in [1.29, 1.82) is 0 Å². The van der Waals surface area contributed by atoms with E-state index in [4.69, 9.17) is 27.9 Å². The monoisotopic (exact) mass is 447 g/mol. The van der Waals surface area contributed by atoms with E-state index in [2.05, 4.69) is 25.9 Å². The van der Waals surface area contributed by atoms with Crippen molar-refractivity contribution in [2.24, 2.45) is 0 Å². The predicted molar refractivity (Wildman–Crippen MR) is 112 cm³/mol. The molecule has 1 heterocycles. The maximum Gasteiger partial charge on any atom is 0.255 e. The Morgan fingerprint density at radius 3 is 2.53 bits per heavy atom. The van der Waals surface area contributed by atoms with Gasteiger partial charge in [0, 0.05) is 11.6 Å². The quantitative estimate of drug-likeness (QED) is 0.520. The highest BCUT2D eigenvalue weighted by Gasteiger charge is 2.20. The molecule has 30 heavy (non-hydrogen) atoms. The molecule has 2 aromatic carbocycles. The number of halogens is 2. The van der Waals surface area contributed by atoms with Gasteiger partial charge in [0.15, 0.2) is 5.75 Å². The molecule has 3 N–H and O–H groups in total. The summed E-state index contributed by atoms with van der Waals surface area (Å²) in [6.07, 6.45) is 5.27. The van der Waals surface area contributed by atoms with Gasteiger partial charge in [-0.1, -0.05) is 42.5 Å². The van der Waals surface area contributed by atoms with Crippen LogP contribution in [0, 0.1) is 0 Å². The molecule has 1 aliphatic carbocycles. The molecule has 10 heteroatoms. The lowest BCUT2D eigenvalue weighted by Gasteiger charge is -2.23. The number of phenols is 1. The van der Waals surface area contributed by atoms with Gasteiger partial charge in [0.05, 0.1) is 15.6 Å². The lowest BCUT2D eigenvalue weighted by Crippen LogP contribution is -2.36. The zero-order chi connectivity index (χ0) is 21.1. The van der Waals surface area contributed by atoms with Gasteiger partial charge in [-0.3, -0.25) is 4.79 Å². The van der Waals surface area contributed by atoms with Crippen molar-refractivity contribution in [1.82, 2.24) is 25.9 Å². The molecule has 0 spiro atoms. The molecule has 0 bridgehead atoms. The van der Waals surface area contributed by atoms with Crippen LogP contribution in [0.4, 0.5) is 0 Å². The first-order valence-corrected chi connectivity index (χ1v) is 10.3. The molecule has 4 rings (SSSR count). The molecule has 0 atom stereocenters. The Hall–Kier alpha value is -2.84. The van der Waals surface area contributed by atoms with E-state index in [0.717, 1.165) is 25.7 Å². The molecule has 0 unspecified atom stereocenters. The molecule has 0 aliphatic heterocycles. The minimum atomic E-state index is -0.338. The van der Waals surface area contributed by atoms with Gasteiger partial charge >= 0.3 is 0 Å². The summed E-state index contributed by atoms with van der Waals surface area (Å²) in [7, 11) is 0. The van der Waals surface area contributed by atoms with Crippen molar-refractivity contribution in [2.45, 2.75) is 38.1 Å². The molecule has 1 aliphatic rings. The third kappa shape index (κ3) is 4.49. The van der Waals surface area contributed by atoms with Crippen LogP contribution < -0.4 is 10.1 Å². The van der Waals surface area contributed by atoms with Gasteiger partial charge in [0.2, 0.25) is 5.82 Å². The number of tetrazole rings is 1. The second kappa shape index (κ2) is 8.89. The maximum absolute atomic E-state index is 12.6. The largest absolute Gasteiger partial charge is 0.507 e. The number of aromatic nitrogens is 4. The van der Waals surface area contributed by atoms with Crippen LogP contribution in [0.2, 0.25) is 10.0 Å². The van der Waals surface area contributed by atoms with E-state index in [1.807, 2.05) is 0 Å². The summed E-state index contributed by atoms with van der Waals surface area (Å²) in [6, 6.07) is 7.73. The van der Waals surface area contributed by atoms with Gasteiger partial charge in [-0.15, -0.1) is 10.2 Å². The number of phenolic OH excluding ortho intramolecular Hbond substituents is 1. The average Bonchev–Trinajstić information content (AvgIpc) is 3.27. The van der Waals surface area contributed by atoms with Crippen molar-refractivity contribution >= 4 is 29.1 Å². The van der Waals surface area contributed by atoms with Crippen LogP contribution in [-0.2, 0) is 0 Å². The van der Waals surface area contributed by atoms with Crippen LogP contribution in [0.3, 0.4) is 0 Å². The number of carbonyl (C=O) groups excluding carboxylic acids is 1. The highest BCUT2D eigenvalue weighted by molar-refractivity contribution is 6.37. The number of nitrogens with zero attached hydrogens (tertiary/aromatic N) is 3. The van der Waals surface area contributed by atoms with E-state index in [0.29, 0.717) is 17.1 Å². The van der Waals surface area contributed by atoms with Gasteiger partial charge in [0.25, 0.3) is 5.91 Å². The molecular formula is C20H19Cl2N5O3. The van der Waals surface area contributed by atoms with Crippen molar-refractivity contribution in [3.8, 4) is 28.6 Å². The number of hydrogen-bond acceptors (Lipinski definition) is 6. The summed E-state index contributed by atoms with van der Waals surface area (Å²) in [4.78, 5) is 12.6. The zero-order valence-corrected chi connectivity index (χ0v) is 17.4. The number of aromatic hydroxyl groups is 1. The number of rotatable bonds is 5. The Labute approximate surface area is 182 Å². The van der Waals surface area contributed by atoms with Crippen LogP contribution in [0.25, 0.3) is 11.4 Å². The summed E-state index contributed by atoms with van der Waals surface area (Å²) < 4.78 is 5.83. The summed E-state index contributed by atoms with van der Waals surface area (Å²) in [5, 5.41) is 27.3. The van der Waals surface area contributed by atoms with E-state index in [9.17, 15) is 9.90 Å². The number of amides is 1. The number of ether oxygens (including phenoxy) is 1. The molecule has 1 amide bonds. The Kier molecular flexibility index (Phi) is 6.06. The first-order valence-electron chi connectivity index (χ1n) is 9.56. The van der Waals surface area contributed by atoms with Crippen LogP contribution >= 0.6 is 23.2 Å². The van der Waals surface area contributed by atoms with Crippen LogP contribution in [0.15, 0.2) is 30.3 Å². The molecule has 8 nitrogen and oxygen atoms in total. The van der Waals surface area contributed by atoms with E-state index in [1.54, 1.807) is 12.1 Å². The second-order valence-electron chi connectivity index (χ2n) is 7.09. The lowest BCUT2D eigenvalue weighted by molar-refractivity contribution is 0.0924. The predicted octanol–water partition coefficient (Wildman–Crippen LogP) is 4.73. The van der Waals surface area contributed by atoms with Gasteiger partial charge in [0.1, 0.15) is 11.5 Å². The van der Waals surface area contributed by atoms with Crippen LogP contribution in [-0.4, -0.2) is 37.7 Å². The van der Waals surface area contributed by atoms with Crippen molar-refractivity contribution in [3.63, 3.8) is 0 Å². The highest BCUT2D eigenvalue weighted by atomic mass is 35.5. The van der Waals surface area contributed by atoms with Gasteiger partial charge in [-0.05, 0) is 48.4 Å². The molecule has 156 valence electrons. The number of benzene rings is 2. The number of nitrogens with one attached hydrogen (secondary N) is 2.